The first kappa shape index (κ1) is 14.9. The number of hydrogen-bond acceptors (Lipinski definition) is 5. The maximum absolute atomic E-state index is 12.1. The van der Waals surface area contributed by atoms with Gasteiger partial charge in [-0.1, -0.05) is 13.0 Å². The molecule has 0 spiro atoms. The van der Waals surface area contributed by atoms with E-state index in [2.05, 4.69) is 20.7 Å². The largest absolute Gasteiger partial charge is 0.352 e. The first-order valence-electron chi connectivity index (χ1n) is 6.87. The zero-order valence-corrected chi connectivity index (χ0v) is 12.0. The van der Waals surface area contributed by atoms with Crippen LogP contribution in [0.5, 0.6) is 0 Å². The molecule has 0 unspecified atom stereocenters. The van der Waals surface area contributed by atoms with Gasteiger partial charge < -0.3 is 10.7 Å². The summed E-state index contributed by atoms with van der Waals surface area (Å²) in [7, 11) is 0. The second-order valence-electron chi connectivity index (χ2n) is 4.60. The molecular formula is C15H19N5O. The number of aryl methyl sites for hydroxylation is 1. The zero-order valence-electron chi connectivity index (χ0n) is 12.0. The van der Waals surface area contributed by atoms with E-state index in [0.29, 0.717) is 17.9 Å². The zero-order chi connectivity index (χ0) is 15.1. The van der Waals surface area contributed by atoms with E-state index in [4.69, 9.17) is 5.84 Å². The topological polar surface area (TPSA) is 92.9 Å². The van der Waals surface area contributed by atoms with Gasteiger partial charge in [-0.25, -0.2) is 10.8 Å². The molecule has 110 valence electrons. The Hall–Kier alpha value is -2.47. The summed E-state index contributed by atoms with van der Waals surface area (Å²) in [4.78, 5) is 20.4. The monoisotopic (exact) mass is 285 g/mol. The number of nitrogens with zero attached hydrogens (tertiary/aromatic N) is 2. The lowest BCUT2D eigenvalue weighted by molar-refractivity contribution is 0.0954. The Morgan fingerprint density at radius 3 is 2.90 bits per heavy atom. The molecule has 0 aliphatic carbocycles. The van der Waals surface area contributed by atoms with Gasteiger partial charge in [0.2, 0.25) is 0 Å². The Labute approximate surface area is 123 Å². The molecule has 0 radical (unpaired) electrons. The predicted molar refractivity (Wildman–Crippen MR) is 81.7 cm³/mol. The Balaban J connectivity index is 1.97. The molecule has 0 aliphatic heterocycles. The van der Waals surface area contributed by atoms with Crippen LogP contribution in [0, 0.1) is 0 Å². The van der Waals surface area contributed by atoms with Crippen LogP contribution in [0.1, 0.15) is 28.5 Å². The van der Waals surface area contributed by atoms with Crippen molar-refractivity contribution >= 4 is 11.7 Å². The molecule has 0 saturated heterocycles. The lowest BCUT2D eigenvalue weighted by Gasteiger charge is -2.08. The number of nitrogens with two attached hydrogens (primary N) is 1. The minimum atomic E-state index is -0.132. The standard InChI is InChI=1S/C15H19N5O/c1-2-13-8-12(9-14(19-13)20-16)15(21)18-7-5-11-4-3-6-17-10-11/h3-4,6,8-10H,2,5,7,16H2,1H3,(H,18,21)(H,19,20). The van der Waals surface area contributed by atoms with E-state index < -0.39 is 0 Å². The summed E-state index contributed by atoms with van der Waals surface area (Å²) in [6.07, 6.45) is 5.01. The Morgan fingerprint density at radius 1 is 1.38 bits per heavy atom. The quantitative estimate of drug-likeness (QED) is 0.549. The molecule has 2 aromatic heterocycles. The molecule has 6 heteroatoms. The third-order valence-corrected chi connectivity index (χ3v) is 3.07. The SMILES string of the molecule is CCc1cc(C(=O)NCCc2cccnc2)cc(NN)n1. The first-order valence-corrected chi connectivity index (χ1v) is 6.87. The van der Waals surface area contributed by atoms with Crippen molar-refractivity contribution in [1.29, 1.82) is 0 Å². The highest BCUT2D eigenvalue weighted by Gasteiger charge is 2.08. The molecule has 0 bridgehead atoms. The van der Waals surface area contributed by atoms with Crippen LogP contribution in [0.15, 0.2) is 36.7 Å². The van der Waals surface area contributed by atoms with Gasteiger partial charge in [0.15, 0.2) is 0 Å². The third kappa shape index (κ3) is 4.25. The molecule has 1 amide bonds. The molecule has 2 heterocycles. The van der Waals surface area contributed by atoms with Crippen molar-refractivity contribution in [3.8, 4) is 0 Å². The molecule has 4 N–H and O–H groups in total. The highest BCUT2D eigenvalue weighted by Crippen LogP contribution is 2.10. The Kier molecular flexibility index (Phi) is 5.22. The second-order valence-corrected chi connectivity index (χ2v) is 4.60. The van der Waals surface area contributed by atoms with Crippen LogP contribution in [0.25, 0.3) is 0 Å². The summed E-state index contributed by atoms with van der Waals surface area (Å²) >= 11 is 0. The maximum Gasteiger partial charge on any atom is 0.251 e. The van der Waals surface area contributed by atoms with Gasteiger partial charge in [0.1, 0.15) is 5.82 Å². The van der Waals surface area contributed by atoms with Crippen molar-refractivity contribution in [3.63, 3.8) is 0 Å². The summed E-state index contributed by atoms with van der Waals surface area (Å²) < 4.78 is 0. The average Bonchev–Trinajstić information content (AvgIpc) is 2.55. The number of aromatic nitrogens is 2. The number of hydrogen-bond donors (Lipinski definition) is 3. The minimum absolute atomic E-state index is 0.132. The van der Waals surface area contributed by atoms with Crippen LogP contribution >= 0.6 is 0 Å². The van der Waals surface area contributed by atoms with Crippen LogP contribution < -0.4 is 16.6 Å². The fourth-order valence-corrected chi connectivity index (χ4v) is 1.94. The molecule has 0 saturated carbocycles. The summed E-state index contributed by atoms with van der Waals surface area (Å²) in [5.41, 5.74) is 4.95. The van der Waals surface area contributed by atoms with Crippen molar-refractivity contribution in [2.45, 2.75) is 19.8 Å². The molecule has 6 nitrogen and oxygen atoms in total. The number of hydrazine groups is 1. The molecule has 2 aromatic rings. The van der Waals surface area contributed by atoms with Crippen LogP contribution in [0.2, 0.25) is 0 Å². The predicted octanol–water partition coefficient (Wildman–Crippen LogP) is 1.30. The Bertz CT molecular complexity index is 578. The van der Waals surface area contributed by atoms with Crippen molar-refractivity contribution < 1.29 is 4.79 Å². The summed E-state index contributed by atoms with van der Waals surface area (Å²) in [5.74, 6) is 5.73. The lowest BCUT2D eigenvalue weighted by atomic mass is 10.1. The van der Waals surface area contributed by atoms with Crippen molar-refractivity contribution in [2.75, 3.05) is 12.0 Å². The Morgan fingerprint density at radius 2 is 2.24 bits per heavy atom. The van der Waals surface area contributed by atoms with E-state index in [9.17, 15) is 4.79 Å². The normalized spacial score (nSPS) is 10.2. The van der Waals surface area contributed by atoms with Crippen molar-refractivity contribution in [3.05, 3.63) is 53.5 Å². The fraction of sp³-hybridized carbons (Fsp3) is 0.267. The van der Waals surface area contributed by atoms with E-state index >= 15 is 0 Å². The third-order valence-electron chi connectivity index (χ3n) is 3.07. The van der Waals surface area contributed by atoms with Crippen LogP contribution in [-0.2, 0) is 12.8 Å². The molecule has 0 fully saturated rings. The van der Waals surface area contributed by atoms with Gasteiger partial charge >= 0.3 is 0 Å². The van der Waals surface area contributed by atoms with E-state index in [1.54, 1.807) is 24.5 Å². The van der Waals surface area contributed by atoms with E-state index in [1.807, 2.05) is 19.1 Å². The molecule has 21 heavy (non-hydrogen) atoms. The highest BCUT2D eigenvalue weighted by molar-refractivity contribution is 5.95. The number of pyridine rings is 2. The number of carbonyl (C=O) groups excluding carboxylic acids is 1. The average molecular weight is 285 g/mol. The van der Waals surface area contributed by atoms with E-state index in [-0.39, 0.29) is 5.91 Å². The number of rotatable bonds is 6. The van der Waals surface area contributed by atoms with E-state index in [1.165, 1.54) is 0 Å². The van der Waals surface area contributed by atoms with Gasteiger partial charge in [-0.2, -0.15) is 0 Å². The van der Waals surface area contributed by atoms with Gasteiger partial charge in [-0.3, -0.25) is 9.78 Å². The number of anilines is 1. The summed E-state index contributed by atoms with van der Waals surface area (Å²) in [6.45, 7) is 2.53. The van der Waals surface area contributed by atoms with Gasteiger partial charge in [0, 0.05) is 30.2 Å². The van der Waals surface area contributed by atoms with Gasteiger partial charge in [0.05, 0.1) is 0 Å². The molecule has 0 atom stereocenters. The van der Waals surface area contributed by atoms with Crippen LogP contribution in [0.4, 0.5) is 5.82 Å². The minimum Gasteiger partial charge on any atom is -0.352 e. The van der Waals surface area contributed by atoms with Gasteiger partial charge in [-0.15, -0.1) is 0 Å². The van der Waals surface area contributed by atoms with Crippen LogP contribution in [0.3, 0.4) is 0 Å². The summed E-state index contributed by atoms with van der Waals surface area (Å²) in [5, 5.41) is 2.89. The molecule has 0 aliphatic rings. The second kappa shape index (κ2) is 7.35. The fourth-order valence-electron chi connectivity index (χ4n) is 1.94. The number of nitrogens with one attached hydrogen (secondary N) is 2. The number of amides is 1. The molecular weight excluding hydrogens is 266 g/mol. The van der Waals surface area contributed by atoms with E-state index in [0.717, 1.165) is 24.1 Å². The number of carbonyl (C=O) groups is 1. The smallest absolute Gasteiger partial charge is 0.251 e. The van der Waals surface area contributed by atoms with Crippen LogP contribution in [-0.4, -0.2) is 22.4 Å². The highest BCUT2D eigenvalue weighted by atomic mass is 16.1. The maximum atomic E-state index is 12.1. The van der Waals surface area contributed by atoms with Gasteiger partial charge in [0.25, 0.3) is 5.91 Å². The molecule has 2 rings (SSSR count). The lowest BCUT2D eigenvalue weighted by Crippen LogP contribution is -2.26. The number of nitrogen functional groups attached to an aromatic ring is 1. The van der Waals surface area contributed by atoms with Gasteiger partial charge in [-0.05, 0) is 36.6 Å². The first-order chi connectivity index (χ1) is 10.2. The van der Waals surface area contributed by atoms with Crippen molar-refractivity contribution in [2.24, 2.45) is 5.84 Å². The molecule has 0 aromatic carbocycles. The summed E-state index contributed by atoms with van der Waals surface area (Å²) in [6, 6.07) is 7.28. The van der Waals surface area contributed by atoms with Crippen molar-refractivity contribution in [1.82, 2.24) is 15.3 Å².